The second-order valence-corrected chi connectivity index (χ2v) is 8.17. The molecule has 2 fully saturated rings. The van der Waals surface area contributed by atoms with Crippen molar-refractivity contribution in [1.29, 1.82) is 0 Å². The largest absolute Gasteiger partial charge is 0.379 e. The number of ketones is 1. The van der Waals surface area contributed by atoms with E-state index in [4.69, 9.17) is 4.74 Å². The van der Waals surface area contributed by atoms with Crippen LogP contribution in [0.25, 0.3) is 0 Å². The molecule has 0 unspecified atom stereocenters. The standard InChI is InChI=1S/C17H21N3O5S/c21-15-5-2-4-14(12-15)18-19-17(22)13-3-1-6-16(11-13)26(23,24)20-7-9-25-10-8-20/h1,3,6,11H,2,4-5,7-10,12H2,(H,19,22)/b18-14+. The molecule has 2 aliphatic rings. The van der Waals surface area contributed by atoms with Crippen molar-refractivity contribution >= 4 is 27.4 Å². The van der Waals surface area contributed by atoms with Crippen LogP contribution in [-0.4, -0.2) is 56.4 Å². The third-order valence-corrected chi connectivity index (χ3v) is 6.24. The van der Waals surface area contributed by atoms with Gasteiger partial charge >= 0.3 is 0 Å². The number of nitrogens with one attached hydrogen (secondary N) is 1. The average molecular weight is 379 g/mol. The van der Waals surface area contributed by atoms with Gasteiger partial charge in [-0.15, -0.1) is 0 Å². The lowest BCUT2D eigenvalue weighted by atomic mass is 9.97. The van der Waals surface area contributed by atoms with E-state index in [0.29, 0.717) is 44.9 Å². The highest BCUT2D eigenvalue weighted by Crippen LogP contribution is 2.18. The highest BCUT2D eigenvalue weighted by Gasteiger charge is 2.26. The molecule has 0 bridgehead atoms. The summed E-state index contributed by atoms with van der Waals surface area (Å²) in [6.07, 6.45) is 2.22. The molecule has 0 radical (unpaired) electrons. The van der Waals surface area contributed by atoms with Crippen molar-refractivity contribution in [2.24, 2.45) is 5.10 Å². The van der Waals surface area contributed by atoms with Gasteiger partial charge in [-0.25, -0.2) is 13.8 Å². The summed E-state index contributed by atoms with van der Waals surface area (Å²) in [5, 5.41) is 4.01. The Morgan fingerprint density at radius 3 is 2.69 bits per heavy atom. The molecule has 1 N–H and O–H groups in total. The Morgan fingerprint density at radius 1 is 1.19 bits per heavy atom. The SMILES string of the molecule is O=C1CCC/C(=N\NC(=O)c2cccc(S(=O)(=O)N3CCOCC3)c2)C1. The van der Waals surface area contributed by atoms with Gasteiger partial charge in [0.25, 0.3) is 5.91 Å². The van der Waals surface area contributed by atoms with Crippen LogP contribution in [0.2, 0.25) is 0 Å². The molecule has 8 nitrogen and oxygen atoms in total. The van der Waals surface area contributed by atoms with E-state index >= 15 is 0 Å². The van der Waals surface area contributed by atoms with E-state index in [9.17, 15) is 18.0 Å². The summed E-state index contributed by atoms with van der Waals surface area (Å²) >= 11 is 0. The number of morpholine rings is 1. The number of benzene rings is 1. The number of hydrogen-bond donors (Lipinski definition) is 1. The lowest BCUT2D eigenvalue weighted by molar-refractivity contribution is -0.118. The topological polar surface area (TPSA) is 105 Å². The molecule has 0 aromatic heterocycles. The summed E-state index contributed by atoms with van der Waals surface area (Å²) in [4.78, 5) is 23.8. The van der Waals surface area contributed by atoms with Crippen LogP contribution in [-0.2, 0) is 19.6 Å². The van der Waals surface area contributed by atoms with Crippen LogP contribution in [0, 0.1) is 0 Å². The minimum atomic E-state index is -3.67. The Labute approximate surface area is 152 Å². The number of nitrogens with zero attached hydrogens (tertiary/aromatic N) is 2. The van der Waals surface area contributed by atoms with Crippen molar-refractivity contribution in [2.75, 3.05) is 26.3 Å². The number of carbonyl (C=O) groups excluding carboxylic acids is 2. The maximum Gasteiger partial charge on any atom is 0.271 e. The van der Waals surface area contributed by atoms with Crippen LogP contribution in [0.5, 0.6) is 0 Å². The lowest BCUT2D eigenvalue weighted by Crippen LogP contribution is -2.40. The number of amides is 1. The highest BCUT2D eigenvalue weighted by molar-refractivity contribution is 7.89. The zero-order valence-electron chi connectivity index (χ0n) is 14.3. The van der Waals surface area contributed by atoms with Gasteiger partial charge < -0.3 is 4.74 Å². The third kappa shape index (κ3) is 4.35. The van der Waals surface area contributed by atoms with Gasteiger partial charge in [-0.2, -0.15) is 9.41 Å². The van der Waals surface area contributed by atoms with Gasteiger partial charge in [0, 0.05) is 37.2 Å². The summed E-state index contributed by atoms with van der Waals surface area (Å²) in [5.74, 6) is -0.391. The first-order valence-electron chi connectivity index (χ1n) is 8.52. The van der Waals surface area contributed by atoms with Crippen molar-refractivity contribution in [3.63, 3.8) is 0 Å². The molecule has 9 heteroatoms. The van der Waals surface area contributed by atoms with Crippen molar-refractivity contribution in [3.8, 4) is 0 Å². The predicted octanol–water partition coefficient (Wildman–Crippen LogP) is 0.936. The van der Waals surface area contributed by atoms with E-state index in [1.165, 1.54) is 28.6 Å². The van der Waals surface area contributed by atoms with Crippen LogP contribution in [0.3, 0.4) is 0 Å². The van der Waals surface area contributed by atoms with E-state index < -0.39 is 15.9 Å². The summed E-state index contributed by atoms with van der Waals surface area (Å²) in [7, 11) is -3.67. The molecule has 26 heavy (non-hydrogen) atoms. The maximum absolute atomic E-state index is 12.7. The minimum Gasteiger partial charge on any atom is -0.379 e. The molecule has 1 amide bonds. The molecule has 0 spiro atoms. The van der Waals surface area contributed by atoms with E-state index in [2.05, 4.69) is 10.5 Å². The number of hydrazone groups is 1. The van der Waals surface area contributed by atoms with E-state index in [1.54, 1.807) is 0 Å². The molecule has 1 aliphatic carbocycles. The zero-order valence-corrected chi connectivity index (χ0v) is 15.1. The normalized spacial score (nSPS) is 20.9. The maximum atomic E-state index is 12.7. The van der Waals surface area contributed by atoms with Crippen molar-refractivity contribution in [1.82, 2.24) is 9.73 Å². The number of carbonyl (C=O) groups is 2. The molecule has 3 rings (SSSR count). The molecular weight excluding hydrogens is 358 g/mol. The zero-order chi connectivity index (χ0) is 18.6. The molecule has 1 aliphatic heterocycles. The Balaban J connectivity index is 1.73. The van der Waals surface area contributed by atoms with Gasteiger partial charge in [-0.3, -0.25) is 9.59 Å². The first-order valence-corrected chi connectivity index (χ1v) is 9.96. The van der Waals surface area contributed by atoms with Gasteiger partial charge in [-0.1, -0.05) is 6.07 Å². The van der Waals surface area contributed by atoms with Gasteiger partial charge in [0.05, 0.1) is 18.1 Å². The first kappa shape index (κ1) is 18.7. The number of Topliss-reactive ketones (excluding diaryl/α,β-unsaturated/α-hetero) is 1. The fourth-order valence-corrected chi connectivity index (χ4v) is 4.37. The minimum absolute atomic E-state index is 0.0625. The summed E-state index contributed by atoms with van der Waals surface area (Å²) < 4.78 is 31.9. The Bertz CT molecular complexity index is 829. The number of rotatable bonds is 4. The highest BCUT2D eigenvalue weighted by atomic mass is 32.2. The molecular formula is C17H21N3O5S. The van der Waals surface area contributed by atoms with Crippen LogP contribution in [0.4, 0.5) is 0 Å². The molecule has 1 aromatic carbocycles. The molecule has 1 saturated carbocycles. The molecule has 140 valence electrons. The van der Waals surface area contributed by atoms with Crippen molar-refractivity contribution < 1.29 is 22.7 Å². The second kappa shape index (κ2) is 8.07. The number of ether oxygens (including phenoxy) is 1. The number of hydrogen-bond acceptors (Lipinski definition) is 6. The van der Waals surface area contributed by atoms with E-state index in [-0.39, 0.29) is 22.7 Å². The van der Waals surface area contributed by atoms with Gasteiger partial charge in [0.1, 0.15) is 5.78 Å². The van der Waals surface area contributed by atoms with E-state index in [1.807, 2.05) is 0 Å². The smallest absolute Gasteiger partial charge is 0.271 e. The number of sulfonamides is 1. The molecule has 0 atom stereocenters. The summed E-state index contributed by atoms with van der Waals surface area (Å²) in [5.41, 5.74) is 3.26. The molecule has 1 aromatic rings. The molecule has 1 saturated heterocycles. The Kier molecular flexibility index (Phi) is 5.80. The predicted molar refractivity (Wildman–Crippen MR) is 94.4 cm³/mol. The Morgan fingerprint density at radius 2 is 1.96 bits per heavy atom. The van der Waals surface area contributed by atoms with Gasteiger partial charge in [0.2, 0.25) is 10.0 Å². The van der Waals surface area contributed by atoms with Crippen LogP contribution in [0.15, 0.2) is 34.3 Å². The monoisotopic (exact) mass is 379 g/mol. The van der Waals surface area contributed by atoms with Crippen molar-refractivity contribution in [3.05, 3.63) is 29.8 Å². The molecule has 1 heterocycles. The Hall–Kier alpha value is -2.10. The van der Waals surface area contributed by atoms with Gasteiger partial charge in [0.15, 0.2) is 0 Å². The summed E-state index contributed by atoms with van der Waals surface area (Å²) in [6.45, 7) is 1.30. The quantitative estimate of drug-likeness (QED) is 0.784. The lowest BCUT2D eigenvalue weighted by Gasteiger charge is -2.26. The van der Waals surface area contributed by atoms with Crippen LogP contribution >= 0.6 is 0 Å². The average Bonchev–Trinajstić information content (AvgIpc) is 2.67. The van der Waals surface area contributed by atoms with Crippen molar-refractivity contribution in [2.45, 2.75) is 30.6 Å². The fraction of sp³-hybridized carbons (Fsp3) is 0.471. The summed E-state index contributed by atoms with van der Waals surface area (Å²) in [6, 6.07) is 5.86. The van der Waals surface area contributed by atoms with Crippen LogP contribution in [0.1, 0.15) is 36.0 Å². The van der Waals surface area contributed by atoms with E-state index in [0.717, 1.165) is 6.42 Å². The first-order chi connectivity index (χ1) is 12.5. The fourth-order valence-electron chi connectivity index (χ4n) is 2.92. The second-order valence-electron chi connectivity index (χ2n) is 6.23. The third-order valence-electron chi connectivity index (χ3n) is 4.34. The van der Waals surface area contributed by atoms with Crippen LogP contribution < -0.4 is 5.43 Å². The van der Waals surface area contributed by atoms with Gasteiger partial charge in [-0.05, 0) is 31.0 Å².